The SMILES string of the molecule is CCCCCCCCC(OC(=O)C1=CCC(C(=O)O)CC1)C(C)C. The molecule has 0 aromatic heterocycles. The standard InChI is InChI=1S/C20H34O4/c1-4-5-6-7-8-9-10-18(15(2)3)24-20(23)17-13-11-16(12-14-17)19(21)22/h13,15-16,18H,4-12,14H2,1-3H3,(H,21,22). The first kappa shape index (κ1) is 20.7. The lowest BCUT2D eigenvalue weighted by Crippen LogP contribution is -2.26. The Labute approximate surface area is 146 Å². The Morgan fingerprint density at radius 3 is 2.42 bits per heavy atom. The molecule has 138 valence electrons. The van der Waals surface area contributed by atoms with E-state index in [0.29, 0.717) is 30.8 Å². The van der Waals surface area contributed by atoms with Crippen molar-refractivity contribution in [1.82, 2.24) is 0 Å². The number of carbonyl (C=O) groups is 2. The molecular weight excluding hydrogens is 304 g/mol. The highest BCUT2D eigenvalue weighted by Gasteiger charge is 2.26. The molecule has 1 aliphatic rings. The molecule has 1 N–H and O–H groups in total. The summed E-state index contributed by atoms with van der Waals surface area (Å²) in [4.78, 5) is 23.3. The van der Waals surface area contributed by atoms with Crippen LogP contribution in [0.4, 0.5) is 0 Å². The van der Waals surface area contributed by atoms with E-state index in [1.54, 1.807) is 6.08 Å². The normalized spacial score (nSPS) is 19.0. The third-order valence-electron chi connectivity index (χ3n) is 4.87. The first-order chi connectivity index (χ1) is 11.5. The fraction of sp³-hybridized carbons (Fsp3) is 0.800. The zero-order valence-corrected chi connectivity index (χ0v) is 15.6. The molecule has 4 nitrogen and oxygen atoms in total. The van der Waals surface area contributed by atoms with Crippen molar-refractivity contribution in [2.24, 2.45) is 11.8 Å². The number of rotatable bonds is 11. The van der Waals surface area contributed by atoms with Gasteiger partial charge in [0.05, 0.1) is 5.92 Å². The van der Waals surface area contributed by atoms with E-state index in [0.717, 1.165) is 12.8 Å². The molecule has 2 unspecified atom stereocenters. The second-order valence-electron chi connectivity index (χ2n) is 7.28. The Morgan fingerprint density at radius 1 is 1.21 bits per heavy atom. The molecule has 2 atom stereocenters. The number of carbonyl (C=O) groups excluding carboxylic acids is 1. The maximum absolute atomic E-state index is 12.3. The highest BCUT2D eigenvalue weighted by atomic mass is 16.5. The van der Waals surface area contributed by atoms with E-state index in [9.17, 15) is 9.59 Å². The minimum absolute atomic E-state index is 0.0400. The first-order valence-electron chi connectivity index (χ1n) is 9.58. The summed E-state index contributed by atoms with van der Waals surface area (Å²) in [5.74, 6) is -1.07. The second kappa shape index (κ2) is 11.3. The fourth-order valence-electron chi connectivity index (χ4n) is 3.11. The number of carboxylic acids is 1. The number of unbranched alkanes of at least 4 members (excludes halogenated alkanes) is 5. The van der Waals surface area contributed by atoms with Crippen LogP contribution in [-0.4, -0.2) is 23.1 Å². The number of esters is 1. The van der Waals surface area contributed by atoms with Crippen molar-refractivity contribution in [1.29, 1.82) is 0 Å². The average molecular weight is 338 g/mol. The molecule has 0 aromatic rings. The van der Waals surface area contributed by atoms with Gasteiger partial charge in [0.15, 0.2) is 0 Å². The van der Waals surface area contributed by atoms with Crippen molar-refractivity contribution in [3.8, 4) is 0 Å². The minimum Gasteiger partial charge on any atom is -0.481 e. The molecule has 1 aliphatic carbocycles. The minimum atomic E-state index is -0.776. The van der Waals surface area contributed by atoms with Gasteiger partial charge in [-0.25, -0.2) is 4.79 Å². The van der Waals surface area contributed by atoms with Gasteiger partial charge in [0.2, 0.25) is 0 Å². The summed E-state index contributed by atoms with van der Waals surface area (Å²) < 4.78 is 5.72. The Bertz CT molecular complexity index is 425. The van der Waals surface area contributed by atoms with E-state index >= 15 is 0 Å². The zero-order valence-electron chi connectivity index (χ0n) is 15.6. The molecule has 1 rings (SSSR count). The van der Waals surface area contributed by atoms with Crippen molar-refractivity contribution in [2.45, 2.75) is 91.1 Å². The average Bonchev–Trinajstić information content (AvgIpc) is 2.56. The van der Waals surface area contributed by atoms with Gasteiger partial charge in [0.1, 0.15) is 6.10 Å². The summed E-state index contributed by atoms with van der Waals surface area (Å²) in [7, 11) is 0. The second-order valence-corrected chi connectivity index (χ2v) is 7.28. The van der Waals surface area contributed by atoms with E-state index in [-0.39, 0.29) is 18.0 Å². The smallest absolute Gasteiger partial charge is 0.333 e. The van der Waals surface area contributed by atoms with Gasteiger partial charge in [-0.3, -0.25) is 4.79 Å². The summed E-state index contributed by atoms with van der Waals surface area (Å²) in [5.41, 5.74) is 0.654. The van der Waals surface area contributed by atoms with Crippen LogP contribution in [0.2, 0.25) is 0 Å². The third-order valence-corrected chi connectivity index (χ3v) is 4.87. The van der Waals surface area contributed by atoms with E-state index in [1.165, 1.54) is 32.1 Å². The highest BCUT2D eigenvalue weighted by Crippen LogP contribution is 2.26. The molecule has 4 heteroatoms. The molecule has 0 aromatic carbocycles. The van der Waals surface area contributed by atoms with Crippen LogP contribution in [0.1, 0.15) is 85.0 Å². The van der Waals surface area contributed by atoms with Crippen LogP contribution in [0, 0.1) is 11.8 Å². The van der Waals surface area contributed by atoms with Crippen molar-refractivity contribution in [2.75, 3.05) is 0 Å². The van der Waals surface area contributed by atoms with Crippen LogP contribution in [-0.2, 0) is 14.3 Å². The van der Waals surface area contributed by atoms with Crippen molar-refractivity contribution in [3.05, 3.63) is 11.6 Å². The largest absolute Gasteiger partial charge is 0.481 e. The van der Waals surface area contributed by atoms with Gasteiger partial charge >= 0.3 is 11.9 Å². The van der Waals surface area contributed by atoms with E-state index < -0.39 is 5.97 Å². The number of hydrogen-bond donors (Lipinski definition) is 1. The van der Waals surface area contributed by atoms with E-state index in [2.05, 4.69) is 20.8 Å². The van der Waals surface area contributed by atoms with Crippen LogP contribution in [0.25, 0.3) is 0 Å². The van der Waals surface area contributed by atoms with Gasteiger partial charge in [0.25, 0.3) is 0 Å². The molecule has 0 saturated carbocycles. The topological polar surface area (TPSA) is 63.6 Å². The van der Waals surface area contributed by atoms with Crippen LogP contribution in [0.5, 0.6) is 0 Å². The number of carboxylic acid groups (broad SMARTS) is 1. The maximum atomic E-state index is 12.3. The summed E-state index contributed by atoms with van der Waals surface area (Å²) in [5, 5.41) is 9.01. The Balaban J connectivity index is 2.39. The van der Waals surface area contributed by atoms with Crippen molar-refractivity contribution >= 4 is 11.9 Å². The molecule has 24 heavy (non-hydrogen) atoms. The maximum Gasteiger partial charge on any atom is 0.333 e. The van der Waals surface area contributed by atoms with Gasteiger partial charge in [-0.2, -0.15) is 0 Å². The summed E-state index contributed by atoms with van der Waals surface area (Å²) >= 11 is 0. The Kier molecular flexibility index (Phi) is 9.73. The molecule has 0 heterocycles. The predicted molar refractivity (Wildman–Crippen MR) is 95.8 cm³/mol. The molecule has 0 bridgehead atoms. The van der Waals surface area contributed by atoms with Gasteiger partial charge < -0.3 is 9.84 Å². The van der Waals surface area contributed by atoms with Gasteiger partial charge in [-0.05, 0) is 38.0 Å². The number of aliphatic carboxylic acids is 1. The lowest BCUT2D eigenvalue weighted by atomic mass is 9.89. The van der Waals surface area contributed by atoms with Crippen molar-refractivity contribution in [3.63, 3.8) is 0 Å². The molecule has 0 amide bonds. The fourth-order valence-corrected chi connectivity index (χ4v) is 3.11. The van der Waals surface area contributed by atoms with E-state index in [1.807, 2.05) is 0 Å². The highest BCUT2D eigenvalue weighted by molar-refractivity contribution is 5.89. The lowest BCUT2D eigenvalue weighted by molar-refractivity contribution is -0.148. The monoisotopic (exact) mass is 338 g/mol. The number of allylic oxidation sites excluding steroid dienone is 1. The molecule has 0 spiro atoms. The first-order valence-corrected chi connectivity index (χ1v) is 9.58. The summed E-state index contributed by atoms with van der Waals surface area (Å²) in [6, 6.07) is 0. The zero-order chi connectivity index (χ0) is 17.9. The molecule has 0 radical (unpaired) electrons. The van der Waals surface area contributed by atoms with E-state index in [4.69, 9.17) is 9.84 Å². The molecule has 0 fully saturated rings. The van der Waals surface area contributed by atoms with Gasteiger partial charge in [0, 0.05) is 5.57 Å². The lowest BCUT2D eigenvalue weighted by Gasteiger charge is -2.24. The Morgan fingerprint density at radius 2 is 1.88 bits per heavy atom. The Hall–Kier alpha value is -1.32. The van der Waals surface area contributed by atoms with Crippen LogP contribution in [0.3, 0.4) is 0 Å². The number of hydrogen-bond acceptors (Lipinski definition) is 3. The van der Waals surface area contributed by atoms with Crippen LogP contribution < -0.4 is 0 Å². The molecular formula is C20H34O4. The molecule has 0 aliphatic heterocycles. The van der Waals surface area contributed by atoms with Crippen LogP contribution >= 0.6 is 0 Å². The summed E-state index contributed by atoms with van der Waals surface area (Å²) in [6.07, 6.45) is 11.5. The molecule has 0 saturated heterocycles. The quantitative estimate of drug-likeness (QED) is 0.420. The van der Waals surface area contributed by atoms with Crippen molar-refractivity contribution < 1.29 is 19.4 Å². The predicted octanol–water partition coefficient (Wildman–Crippen LogP) is 5.12. The summed E-state index contributed by atoms with van der Waals surface area (Å²) in [6.45, 7) is 6.39. The number of ether oxygens (including phenoxy) is 1. The van der Waals surface area contributed by atoms with Crippen LogP contribution in [0.15, 0.2) is 11.6 Å². The van der Waals surface area contributed by atoms with Gasteiger partial charge in [-0.15, -0.1) is 0 Å². The third kappa shape index (κ3) is 7.50. The van der Waals surface area contributed by atoms with Gasteiger partial charge in [-0.1, -0.05) is 59.0 Å².